The highest BCUT2D eigenvalue weighted by atomic mass is 16.4. The summed E-state index contributed by atoms with van der Waals surface area (Å²) in [4.78, 5) is 10.9. The average molecular weight is 260 g/mol. The second-order valence-electron chi connectivity index (χ2n) is 7.12. The van der Waals surface area contributed by atoms with E-state index in [2.05, 4.69) is 5.10 Å². The van der Waals surface area contributed by atoms with Crippen molar-refractivity contribution in [2.45, 2.75) is 45.1 Å². The van der Waals surface area contributed by atoms with Crippen LogP contribution in [-0.2, 0) is 6.54 Å². The van der Waals surface area contributed by atoms with Crippen LogP contribution in [0.2, 0.25) is 0 Å². The molecule has 1 heterocycles. The summed E-state index contributed by atoms with van der Waals surface area (Å²) in [5, 5.41) is 13.2. The molecule has 4 bridgehead atoms. The van der Waals surface area contributed by atoms with Gasteiger partial charge in [-0.1, -0.05) is 0 Å². The number of carboxylic acid groups (broad SMARTS) is 1. The van der Waals surface area contributed by atoms with Gasteiger partial charge in [-0.05, 0) is 67.8 Å². The van der Waals surface area contributed by atoms with Crippen molar-refractivity contribution in [2.24, 2.45) is 23.2 Å². The first-order valence-electron chi connectivity index (χ1n) is 7.39. The maximum atomic E-state index is 10.9. The molecule has 1 N–H and O–H groups in total. The molecule has 19 heavy (non-hydrogen) atoms. The average Bonchev–Trinajstić information content (AvgIpc) is 2.74. The minimum Gasteiger partial charge on any atom is -0.476 e. The number of carbonyl (C=O) groups is 1. The van der Waals surface area contributed by atoms with Crippen LogP contribution in [0.5, 0.6) is 0 Å². The fourth-order valence-corrected chi connectivity index (χ4v) is 5.39. The van der Waals surface area contributed by atoms with Crippen LogP contribution < -0.4 is 0 Å². The lowest BCUT2D eigenvalue weighted by molar-refractivity contribution is -0.0635. The Morgan fingerprint density at radius 3 is 2.32 bits per heavy atom. The van der Waals surface area contributed by atoms with Gasteiger partial charge in [-0.2, -0.15) is 5.10 Å². The van der Waals surface area contributed by atoms with E-state index in [1.54, 1.807) is 6.07 Å². The molecule has 102 valence electrons. The third kappa shape index (κ3) is 1.88. The zero-order chi connectivity index (χ0) is 13.0. The van der Waals surface area contributed by atoms with Crippen molar-refractivity contribution in [3.63, 3.8) is 0 Å². The van der Waals surface area contributed by atoms with Crippen LogP contribution >= 0.6 is 0 Å². The van der Waals surface area contributed by atoms with Crippen LogP contribution in [-0.4, -0.2) is 20.9 Å². The summed E-state index contributed by atoms with van der Waals surface area (Å²) >= 11 is 0. The molecule has 4 aliphatic rings. The number of hydrogen-bond donors (Lipinski definition) is 1. The Kier molecular flexibility index (Phi) is 2.32. The van der Waals surface area contributed by atoms with E-state index in [0.29, 0.717) is 5.41 Å². The van der Waals surface area contributed by atoms with Crippen LogP contribution in [0, 0.1) is 23.2 Å². The summed E-state index contributed by atoms with van der Waals surface area (Å²) in [6.07, 6.45) is 10.2. The first-order valence-corrected chi connectivity index (χ1v) is 7.39. The van der Waals surface area contributed by atoms with E-state index in [1.165, 1.54) is 38.5 Å². The molecule has 0 radical (unpaired) electrons. The van der Waals surface area contributed by atoms with E-state index in [-0.39, 0.29) is 5.69 Å². The quantitative estimate of drug-likeness (QED) is 0.909. The second kappa shape index (κ2) is 3.84. The van der Waals surface area contributed by atoms with E-state index in [0.717, 1.165) is 24.3 Å². The van der Waals surface area contributed by atoms with Crippen molar-refractivity contribution in [3.8, 4) is 0 Å². The molecule has 4 heteroatoms. The number of rotatable bonds is 3. The Morgan fingerprint density at radius 1 is 1.26 bits per heavy atom. The van der Waals surface area contributed by atoms with Gasteiger partial charge in [0, 0.05) is 12.7 Å². The summed E-state index contributed by atoms with van der Waals surface area (Å²) in [7, 11) is 0. The van der Waals surface area contributed by atoms with Gasteiger partial charge in [-0.3, -0.25) is 4.68 Å². The minimum absolute atomic E-state index is 0.171. The minimum atomic E-state index is -0.927. The van der Waals surface area contributed by atoms with Crippen molar-refractivity contribution < 1.29 is 9.90 Å². The first kappa shape index (κ1) is 11.5. The molecule has 0 spiro atoms. The topological polar surface area (TPSA) is 55.1 Å². The molecule has 1 aromatic rings. The molecule has 0 unspecified atom stereocenters. The van der Waals surface area contributed by atoms with Crippen molar-refractivity contribution in [1.82, 2.24) is 9.78 Å². The first-order chi connectivity index (χ1) is 9.12. The van der Waals surface area contributed by atoms with E-state index in [1.807, 2.05) is 10.9 Å². The molecule has 0 amide bonds. The Bertz CT molecular complexity index is 485. The molecule has 4 saturated carbocycles. The van der Waals surface area contributed by atoms with Gasteiger partial charge in [0.1, 0.15) is 0 Å². The smallest absolute Gasteiger partial charge is 0.356 e. The maximum Gasteiger partial charge on any atom is 0.356 e. The van der Waals surface area contributed by atoms with Crippen LogP contribution in [0.3, 0.4) is 0 Å². The van der Waals surface area contributed by atoms with Crippen LogP contribution in [0.15, 0.2) is 12.3 Å². The number of carboxylic acids is 1. The maximum absolute atomic E-state index is 10.9. The molecular weight excluding hydrogens is 240 g/mol. The summed E-state index contributed by atoms with van der Waals surface area (Å²) in [6, 6.07) is 1.61. The van der Waals surface area contributed by atoms with Crippen molar-refractivity contribution >= 4 is 5.97 Å². The SMILES string of the molecule is O=C(O)c1ccn(CC23CC4CC(CC(C4)C2)C3)n1. The molecule has 1 aromatic heterocycles. The predicted octanol–water partition coefficient (Wildman–Crippen LogP) is 2.80. The summed E-state index contributed by atoms with van der Waals surface area (Å²) in [6.45, 7) is 0.920. The Morgan fingerprint density at radius 2 is 1.84 bits per heavy atom. The highest BCUT2D eigenvalue weighted by molar-refractivity contribution is 5.85. The van der Waals surface area contributed by atoms with Crippen molar-refractivity contribution in [3.05, 3.63) is 18.0 Å². The van der Waals surface area contributed by atoms with E-state index < -0.39 is 5.97 Å². The number of nitrogens with zero attached hydrogens (tertiary/aromatic N) is 2. The Hall–Kier alpha value is -1.32. The Labute approximate surface area is 112 Å². The second-order valence-corrected chi connectivity index (χ2v) is 7.12. The summed E-state index contributed by atoms with van der Waals surface area (Å²) in [5.41, 5.74) is 0.584. The molecule has 0 aromatic carbocycles. The van der Waals surface area contributed by atoms with Gasteiger partial charge in [-0.15, -0.1) is 0 Å². The third-order valence-electron chi connectivity index (χ3n) is 5.52. The van der Waals surface area contributed by atoms with Crippen LogP contribution in [0.4, 0.5) is 0 Å². The summed E-state index contributed by atoms with van der Waals surface area (Å²) in [5.74, 6) is 1.87. The number of hydrogen-bond acceptors (Lipinski definition) is 2. The third-order valence-corrected chi connectivity index (χ3v) is 5.52. The molecule has 0 atom stereocenters. The van der Waals surface area contributed by atoms with Gasteiger partial charge in [0.15, 0.2) is 5.69 Å². The lowest BCUT2D eigenvalue weighted by Gasteiger charge is -2.56. The van der Waals surface area contributed by atoms with Gasteiger partial charge >= 0.3 is 5.97 Å². The van der Waals surface area contributed by atoms with E-state index in [9.17, 15) is 4.79 Å². The molecule has 4 aliphatic carbocycles. The molecule has 0 saturated heterocycles. The lowest BCUT2D eigenvalue weighted by Crippen LogP contribution is -2.48. The van der Waals surface area contributed by atoms with Crippen molar-refractivity contribution in [2.75, 3.05) is 0 Å². The fraction of sp³-hybridized carbons (Fsp3) is 0.733. The molecule has 4 nitrogen and oxygen atoms in total. The summed E-state index contributed by atoms with van der Waals surface area (Å²) < 4.78 is 1.87. The van der Waals surface area contributed by atoms with Gasteiger partial charge in [-0.25, -0.2) is 4.79 Å². The van der Waals surface area contributed by atoms with Gasteiger partial charge in [0.05, 0.1) is 0 Å². The van der Waals surface area contributed by atoms with Crippen LogP contribution in [0.25, 0.3) is 0 Å². The molecular formula is C15H20N2O2. The number of aromatic carboxylic acids is 1. The Balaban J connectivity index is 1.57. The molecule has 0 aliphatic heterocycles. The largest absolute Gasteiger partial charge is 0.476 e. The van der Waals surface area contributed by atoms with Gasteiger partial charge in [0.2, 0.25) is 0 Å². The van der Waals surface area contributed by atoms with Gasteiger partial charge in [0.25, 0.3) is 0 Å². The number of aromatic nitrogens is 2. The monoisotopic (exact) mass is 260 g/mol. The highest BCUT2D eigenvalue weighted by Gasteiger charge is 2.50. The zero-order valence-electron chi connectivity index (χ0n) is 11.1. The normalized spacial score (nSPS) is 39.7. The fourth-order valence-electron chi connectivity index (χ4n) is 5.39. The van der Waals surface area contributed by atoms with Crippen molar-refractivity contribution in [1.29, 1.82) is 0 Å². The lowest BCUT2D eigenvalue weighted by atomic mass is 9.49. The molecule has 4 fully saturated rings. The van der Waals surface area contributed by atoms with E-state index >= 15 is 0 Å². The predicted molar refractivity (Wildman–Crippen MR) is 69.8 cm³/mol. The van der Waals surface area contributed by atoms with E-state index in [4.69, 9.17) is 5.11 Å². The zero-order valence-corrected chi connectivity index (χ0v) is 11.1. The standard InChI is InChI=1S/C15H20N2O2/c18-14(19)13-1-2-17(16-13)9-15-6-10-3-11(7-15)5-12(4-10)8-15/h1-2,10-12H,3-9H2,(H,18,19). The molecule has 5 rings (SSSR count). The highest BCUT2D eigenvalue weighted by Crippen LogP contribution is 2.60. The van der Waals surface area contributed by atoms with Crippen LogP contribution in [0.1, 0.15) is 49.0 Å². The van der Waals surface area contributed by atoms with Gasteiger partial charge < -0.3 is 5.11 Å².